The summed E-state index contributed by atoms with van der Waals surface area (Å²) in [5.74, 6) is 0.223. The molecule has 0 aliphatic heterocycles. The number of aromatic nitrogens is 2. The first kappa shape index (κ1) is 12.2. The molecule has 1 heterocycles. The van der Waals surface area contributed by atoms with E-state index in [1.54, 1.807) is 0 Å². The summed E-state index contributed by atoms with van der Waals surface area (Å²) in [6.07, 6.45) is 1.39. The average molecular weight is 246 g/mol. The molecule has 0 aliphatic rings. The van der Waals surface area contributed by atoms with E-state index in [1.807, 2.05) is 38.1 Å². The number of aromatic amines is 1. The highest BCUT2D eigenvalue weighted by molar-refractivity contribution is 5.85. The van der Waals surface area contributed by atoms with Crippen LogP contribution in [-0.4, -0.2) is 27.1 Å². The largest absolute Gasteiger partial charge is 0.491 e. The van der Waals surface area contributed by atoms with Crippen molar-refractivity contribution in [2.45, 2.75) is 20.0 Å². The summed E-state index contributed by atoms with van der Waals surface area (Å²) < 4.78 is 5.57. The predicted molar refractivity (Wildman–Crippen MR) is 66.7 cm³/mol. The lowest BCUT2D eigenvalue weighted by Gasteiger charge is -2.10. The molecule has 0 unspecified atom stereocenters. The number of hydrogen-bond acceptors (Lipinski definition) is 3. The fourth-order valence-corrected chi connectivity index (χ4v) is 1.57. The van der Waals surface area contributed by atoms with E-state index in [9.17, 15) is 4.79 Å². The van der Waals surface area contributed by atoms with Gasteiger partial charge in [0, 0.05) is 5.56 Å². The second kappa shape index (κ2) is 4.91. The monoisotopic (exact) mass is 246 g/mol. The SMILES string of the molecule is CC(C)Oc1cccc(-c2ncc(C(=O)O)[nH]2)c1. The number of benzene rings is 1. The van der Waals surface area contributed by atoms with Crippen LogP contribution in [0.4, 0.5) is 0 Å². The van der Waals surface area contributed by atoms with Gasteiger partial charge in [-0.25, -0.2) is 9.78 Å². The van der Waals surface area contributed by atoms with Gasteiger partial charge in [-0.1, -0.05) is 12.1 Å². The number of ether oxygens (including phenoxy) is 1. The first-order valence-corrected chi connectivity index (χ1v) is 5.61. The van der Waals surface area contributed by atoms with Crippen molar-refractivity contribution in [1.29, 1.82) is 0 Å². The summed E-state index contributed by atoms with van der Waals surface area (Å²) in [5, 5.41) is 8.82. The maximum absolute atomic E-state index is 10.8. The van der Waals surface area contributed by atoms with Gasteiger partial charge in [0.05, 0.1) is 12.3 Å². The lowest BCUT2D eigenvalue weighted by atomic mass is 10.2. The zero-order valence-electron chi connectivity index (χ0n) is 10.2. The van der Waals surface area contributed by atoms with Gasteiger partial charge in [-0.3, -0.25) is 0 Å². The molecule has 0 fully saturated rings. The first-order chi connectivity index (χ1) is 8.56. The van der Waals surface area contributed by atoms with Crippen molar-refractivity contribution in [3.8, 4) is 17.1 Å². The van der Waals surface area contributed by atoms with Gasteiger partial charge in [-0.15, -0.1) is 0 Å². The number of nitrogens with one attached hydrogen (secondary N) is 1. The van der Waals surface area contributed by atoms with E-state index < -0.39 is 5.97 Å². The summed E-state index contributed by atoms with van der Waals surface area (Å²) in [6, 6.07) is 7.36. The number of carboxylic acids is 1. The molecule has 0 saturated heterocycles. The van der Waals surface area contributed by atoms with Crippen LogP contribution in [0.2, 0.25) is 0 Å². The first-order valence-electron chi connectivity index (χ1n) is 5.61. The van der Waals surface area contributed by atoms with Gasteiger partial charge in [0.1, 0.15) is 17.3 Å². The summed E-state index contributed by atoms with van der Waals surface area (Å²) in [4.78, 5) is 17.5. The number of carbonyl (C=O) groups is 1. The van der Waals surface area contributed by atoms with Gasteiger partial charge >= 0.3 is 5.97 Å². The van der Waals surface area contributed by atoms with E-state index in [-0.39, 0.29) is 11.8 Å². The molecule has 0 radical (unpaired) electrons. The van der Waals surface area contributed by atoms with Crippen LogP contribution in [0.25, 0.3) is 11.4 Å². The van der Waals surface area contributed by atoms with Crippen LogP contribution in [0.3, 0.4) is 0 Å². The van der Waals surface area contributed by atoms with E-state index in [0.29, 0.717) is 5.82 Å². The Kier molecular flexibility index (Phi) is 3.32. The summed E-state index contributed by atoms with van der Waals surface area (Å²) in [7, 11) is 0. The second-order valence-corrected chi connectivity index (χ2v) is 4.15. The quantitative estimate of drug-likeness (QED) is 0.869. The molecule has 2 N–H and O–H groups in total. The summed E-state index contributed by atoms with van der Waals surface area (Å²) in [5.41, 5.74) is 0.862. The number of aromatic carboxylic acids is 1. The smallest absolute Gasteiger partial charge is 0.353 e. The Balaban J connectivity index is 2.29. The topological polar surface area (TPSA) is 75.2 Å². The van der Waals surface area contributed by atoms with Crippen LogP contribution >= 0.6 is 0 Å². The van der Waals surface area contributed by atoms with Crippen molar-refractivity contribution in [2.24, 2.45) is 0 Å². The van der Waals surface area contributed by atoms with Crippen molar-refractivity contribution in [3.63, 3.8) is 0 Å². The molecule has 0 saturated carbocycles. The maximum atomic E-state index is 10.8. The molecular formula is C13H14N2O3. The Labute approximate surface area is 104 Å². The Hall–Kier alpha value is -2.30. The minimum absolute atomic E-state index is 0.0696. The van der Waals surface area contributed by atoms with Crippen molar-refractivity contribution < 1.29 is 14.6 Å². The van der Waals surface area contributed by atoms with E-state index in [4.69, 9.17) is 9.84 Å². The van der Waals surface area contributed by atoms with Gasteiger partial charge in [-0.05, 0) is 26.0 Å². The molecule has 5 heteroatoms. The highest BCUT2D eigenvalue weighted by atomic mass is 16.5. The molecule has 1 aromatic heterocycles. The molecule has 18 heavy (non-hydrogen) atoms. The lowest BCUT2D eigenvalue weighted by Crippen LogP contribution is -2.05. The zero-order chi connectivity index (χ0) is 13.1. The third-order valence-electron chi connectivity index (χ3n) is 2.29. The molecule has 0 aliphatic carbocycles. The second-order valence-electron chi connectivity index (χ2n) is 4.15. The molecular weight excluding hydrogens is 232 g/mol. The Morgan fingerprint density at radius 1 is 1.44 bits per heavy atom. The lowest BCUT2D eigenvalue weighted by molar-refractivity contribution is 0.0691. The van der Waals surface area contributed by atoms with Crippen LogP contribution in [0.15, 0.2) is 30.5 Å². The molecule has 0 bridgehead atoms. The highest BCUT2D eigenvalue weighted by Crippen LogP contribution is 2.22. The van der Waals surface area contributed by atoms with Crippen molar-refractivity contribution in [2.75, 3.05) is 0 Å². The minimum Gasteiger partial charge on any atom is -0.491 e. The van der Waals surface area contributed by atoms with Crippen LogP contribution in [0, 0.1) is 0 Å². The van der Waals surface area contributed by atoms with E-state index in [0.717, 1.165) is 11.3 Å². The normalized spacial score (nSPS) is 10.6. The standard InChI is InChI=1S/C13H14N2O3/c1-8(2)18-10-5-3-4-9(6-10)12-14-7-11(15-12)13(16)17/h3-8H,1-2H3,(H,14,15)(H,16,17). The molecule has 0 atom stereocenters. The fraction of sp³-hybridized carbons (Fsp3) is 0.231. The van der Waals surface area contributed by atoms with Crippen molar-refractivity contribution in [3.05, 3.63) is 36.2 Å². The van der Waals surface area contributed by atoms with Gasteiger partial charge in [0.25, 0.3) is 0 Å². The number of hydrogen-bond donors (Lipinski definition) is 2. The average Bonchev–Trinajstić information content (AvgIpc) is 2.77. The third kappa shape index (κ3) is 2.68. The van der Waals surface area contributed by atoms with Crippen LogP contribution < -0.4 is 4.74 Å². The summed E-state index contributed by atoms with van der Waals surface area (Å²) >= 11 is 0. The molecule has 0 amide bonds. The van der Waals surface area contributed by atoms with Crippen LogP contribution in [0.5, 0.6) is 5.75 Å². The van der Waals surface area contributed by atoms with Crippen LogP contribution in [-0.2, 0) is 0 Å². The number of imidazole rings is 1. The number of carboxylic acid groups (broad SMARTS) is 1. The maximum Gasteiger partial charge on any atom is 0.353 e. The predicted octanol–water partition coefficient (Wildman–Crippen LogP) is 2.56. The number of rotatable bonds is 4. The molecule has 94 valence electrons. The van der Waals surface area contributed by atoms with Gasteiger partial charge in [0.15, 0.2) is 0 Å². The van der Waals surface area contributed by atoms with E-state index in [1.165, 1.54) is 6.20 Å². The van der Waals surface area contributed by atoms with Crippen molar-refractivity contribution in [1.82, 2.24) is 9.97 Å². The molecule has 5 nitrogen and oxygen atoms in total. The van der Waals surface area contributed by atoms with Gasteiger partial charge < -0.3 is 14.8 Å². The summed E-state index contributed by atoms with van der Waals surface area (Å²) in [6.45, 7) is 3.89. The molecule has 0 spiro atoms. The number of H-pyrrole nitrogens is 1. The van der Waals surface area contributed by atoms with Gasteiger partial charge in [0.2, 0.25) is 0 Å². The van der Waals surface area contributed by atoms with E-state index >= 15 is 0 Å². The minimum atomic E-state index is -1.02. The highest BCUT2D eigenvalue weighted by Gasteiger charge is 2.09. The Morgan fingerprint density at radius 2 is 2.22 bits per heavy atom. The molecule has 2 rings (SSSR count). The van der Waals surface area contributed by atoms with Crippen molar-refractivity contribution >= 4 is 5.97 Å². The zero-order valence-corrected chi connectivity index (χ0v) is 10.2. The Morgan fingerprint density at radius 3 is 2.83 bits per heavy atom. The van der Waals surface area contributed by atoms with E-state index in [2.05, 4.69) is 9.97 Å². The van der Waals surface area contributed by atoms with Gasteiger partial charge in [-0.2, -0.15) is 0 Å². The number of nitrogens with zero attached hydrogens (tertiary/aromatic N) is 1. The Bertz CT molecular complexity index is 561. The third-order valence-corrected chi connectivity index (χ3v) is 2.29. The van der Waals surface area contributed by atoms with Crippen LogP contribution in [0.1, 0.15) is 24.3 Å². The molecule has 1 aromatic carbocycles. The fourth-order valence-electron chi connectivity index (χ4n) is 1.57. The molecule has 2 aromatic rings.